The minimum atomic E-state index is -0.351. The first kappa shape index (κ1) is 17.3. The van der Waals surface area contributed by atoms with E-state index in [9.17, 15) is 9.18 Å². The molecule has 138 valence electrons. The molecule has 4 rings (SSSR count). The molecule has 5 nitrogen and oxygen atoms in total. The van der Waals surface area contributed by atoms with Crippen LogP contribution >= 0.6 is 0 Å². The van der Waals surface area contributed by atoms with Gasteiger partial charge >= 0.3 is 0 Å². The number of halogens is 1. The lowest BCUT2D eigenvalue weighted by molar-refractivity contribution is 0.0950. The van der Waals surface area contributed by atoms with Crippen LogP contribution in [-0.2, 0) is 19.5 Å². The topological polar surface area (TPSA) is 56.1 Å². The van der Waals surface area contributed by atoms with Gasteiger partial charge in [-0.05, 0) is 42.8 Å². The van der Waals surface area contributed by atoms with Gasteiger partial charge in [0.15, 0.2) is 0 Å². The number of imidazole rings is 1. The van der Waals surface area contributed by atoms with Crippen molar-refractivity contribution in [1.29, 1.82) is 0 Å². The molecule has 1 aromatic heterocycles. The van der Waals surface area contributed by atoms with Crippen LogP contribution in [0, 0.1) is 5.82 Å². The lowest BCUT2D eigenvalue weighted by Gasteiger charge is -2.09. The normalized spacial score (nSPS) is 12.7. The molecule has 0 aliphatic carbocycles. The lowest BCUT2D eigenvalue weighted by Crippen LogP contribution is -2.23. The zero-order chi connectivity index (χ0) is 18.8. The van der Waals surface area contributed by atoms with Crippen LogP contribution in [0.3, 0.4) is 0 Å². The van der Waals surface area contributed by atoms with E-state index < -0.39 is 0 Å². The number of amides is 1. The van der Waals surface area contributed by atoms with Crippen molar-refractivity contribution in [3.05, 3.63) is 71.4 Å². The minimum absolute atomic E-state index is 0.100. The van der Waals surface area contributed by atoms with Crippen LogP contribution in [0.2, 0.25) is 0 Å². The summed E-state index contributed by atoms with van der Waals surface area (Å²) in [7, 11) is 1.55. The Balaban J connectivity index is 1.50. The number of hydrogen-bond acceptors (Lipinski definition) is 3. The molecule has 0 bridgehead atoms. The van der Waals surface area contributed by atoms with Crippen LogP contribution in [0.15, 0.2) is 48.7 Å². The van der Waals surface area contributed by atoms with Gasteiger partial charge in [-0.3, -0.25) is 4.79 Å². The van der Waals surface area contributed by atoms with Crippen molar-refractivity contribution in [2.75, 3.05) is 7.11 Å². The number of methoxy groups -OCH3 is 1. The van der Waals surface area contributed by atoms with Gasteiger partial charge in [0.25, 0.3) is 5.91 Å². The number of aromatic nitrogens is 2. The van der Waals surface area contributed by atoms with E-state index in [2.05, 4.69) is 14.9 Å². The van der Waals surface area contributed by atoms with Crippen molar-refractivity contribution >= 4 is 5.91 Å². The smallest absolute Gasteiger partial charge is 0.251 e. The van der Waals surface area contributed by atoms with Gasteiger partial charge in [0, 0.05) is 42.4 Å². The lowest BCUT2D eigenvalue weighted by atomic mass is 10.1. The fourth-order valence-corrected chi connectivity index (χ4v) is 3.31. The summed E-state index contributed by atoms with van der Waals surface area (Å²) in [5, 5.41) is 2.76. The van der Waals surface area contributed by atoms with Crippen molar-refractivity contribution in [1.82, 2.24) is 14.9 Å². The molecule has 0 fully saturated rings. The molecule has 27 heavy (non-hydrogen) atoms. The van der Waals surface area contributed by atoms with E-state index in [0.29, 0.717) is 16.9 Å². The van der Waals surface area contributed by atoms with Crippen LogP contribution in [0.5, 0.6) is 5.75 Å². The number of carbonyl (C=O) groups is 1. The molecule has 0 unspecified atom stereocenters. The molecule has 2 heterocycles. The summed E-state index contributed by atoms with van der Waals surface area (Å²) in [5.41, 5.74) is 2.59. The van der Waals surface area contributed by atoms with E-state index in [0.717, 1.165) is 36.5 Å². The molecule has 0 atom stereocenters. The van der Waals surface area contributed by atoms with Crippen molar-refractivity contribution in [3.8, 4) is 17.0 Å². The van der Waals surface area contributed by atoms with E-state index in [-0.39, 0.29) is 18.3 Å². The van der Waals surface area contributed by atoms with Gasteiger partial charge in [0.1, 0.15) is 17.4 Å². The summed E-state index contributed by atoms with van der Waals surface area (Å²) in [4.78, 5) is 17.0. The van der Waals surface area contributed by atoms with Crippen molar-refractivity contribution in [3.63, 3.8) is 0 Å². The SMILES string of the molecule is COc1cccc(C(=O)NCc2cc(-c3cn4c(n3)CCC4)ccc2F)c1. The number of nitrogens with one attached hydrogen (secondary N) is 1. The summed E-state index contributed by atoms with van der Waals surface area (Å²) in [6.45, 7) is 1.08. The zero-order valence-corrected chi connectivity index (χ0v) is 15.0. The highest BCUT2D eigenvalue weighted by Crippen LogP contribution is 2.25. The Labute approximate surface area is 156 Å². The quantitative estimate of drug-likeness (QED) is 0.752. The molecule has 0 saturated heterocycles. The van der Waals surface area contributed by atoms with Crippen molar-refractivity contribution < 1.29 is 13.9 Å². The van der Waals surface area contributed by atoms with Gasteiger partial charge in [-0.25, -0.2) is 9.37 Å². The Kier molecular flexibility index (Phi) is 4.62. The monoisotopic (exact) mass is 365 g/mol. The van der Waals surface area contributed by atoms with Crippen LogP contribution in [0.25, 0.3) is 11.3 Å². The first-order chi connectivity index (χ1) is 13.1. The summed E-state index contributed by atoms with van der Waals surface area (Å²) in [6.07, 6.45) is 4.10. The fraction of sp³-hybridized carbons (Fsp3) is 0.238. The highest BCUT2D eigenvalue weighted by Gasteiger charge is 2.16. The number of ether oxygens (including phenoxy) is 1. The van der Waals surface area contributed by atoms with E-state index in [1.807, 2.05) is 6.20 Å². The second-order valence-corrected chi connectivity index (χ2v) is 6.56. The Hall–Kier alpha value is -3.15. The number of benzene rings is 2. The average Bonchev–Trinajstić information content (AvgIpc) is 3.29. The highest BCUT2D eigenvalue weighted by atomic mass is 19.1. The van der Waals surface area contributed by atoms with Gasteiger partial charge < -0.3 is 14.6 Å². The van der Waals surface area contributed by atoms with E-state index in [1.165, 1.54) is 6.07 Å². The summed E-state index contributed by atoms with van der Waals surface area (Å²) < 4.78 is 21.5. The largest absolute Gasteiger partial charge is 0.497 e. The number of carbonyl (C=O) groups excluding carboxylic acids is 1. The first-order valence-corrected chi connectivity index (χ1v) is 8.91. The van der Waals surface area contributed by atoms with Gasteiger partial charge in [0.05, 0.1) is 12.8 Å². The summed E-state index contributed by atoms with van der Waals surface area (Å²) in [6, 6.07) is 11.7. The molecular weight excluding hydrogens is 345 g/mol. The zero-order valence-electron chi connectivity index (χ0n) is 15.0. The molecule has 1 aliphatic heterocycles. The first-order valence-electron chi connectivity index (χ1n) is 8.91. The molecule has 6 heteroatoms. The van der Waals surface area contributed by atoms with Crippen LogP contribution < -0.4 is 10.1 Å². The van der Waals surface area contributed by atoms with Crippen molar-refractivity contribution in [2.45, 2.75) is 25.9 Å². The predicted molar refractivity (Wildman–Crippen MR) is 100 cm³/mol. The van der Waals surface area contributed by atoms with Gasteiger partial charge in [0.2, 0.25) is 0 Å². The fourth-order valence-electron chi connectivity index (χ4n) is 3.31. The third-order valence-corrected chi connectivity index (χ3v) is 4.77. The van der Waals surface area contributed by atoms with E-state index in [4.69, 9.17) is 4.74 Å². The Morgan fingerprint density at radius 1 is 1.30 bits per heavy atom. The van der Waals surface area contributed by atoms with Gasteiger partial charge in [-0.1, -0.05) is 6.07 Å². The second kappa shape index (κ2) is 7.23. The standard InChI is InChI=1S/C21H20FN3O2/c1-27-17-5-2-4-15(11-17)21(26)23-12-16-10-14(7-8-18(16)22)19-13-25-9-3-6-20(25)24-19/h2,4-5,7-8,10-11,13H,3,6,9,12H2,1H3,(H,23,26). The predicted octanol–water partition coefficient (Wildman–Crippen LogP) is 3.57. The average molecular weight is 365 g/mol. The molecule has 0 radical (unpaired) electrons. The van der Waals surface area contributed by atoms with Crippen LogP contribution in [-0.4, -0.2) is 22.6 Å². The molecule has 1 N–H and O–H groups in total. The van der Waals surface area contributed by atoms with E-state index >= 15 is 0 Å². The maximum atomic E-state index is 14.2. The number of aryl methyl sites for hydroxylation is 2. The molecule has 0 spiro atoms. The number of fused-ring (bicyclic) bond motifs is 1. The minimum Gasteiger partial charge on any atom is -0.497 e. The number of hydrogen-bond donors (Lipinski definition) is 1. The van der Waals surface area contributed by atoms with Gasteiger partial charge in [-0.15, -0.1) is 0 Å². The molecule has 2 aromatic carbocycles. The Bertz CT molecular complexity index is 975. The number of rotatable bonds is 5. The molecule has 1 aliphatic rings. The molecular formula is C21H20FN3O2. The Morgan fingerprint density at radius 2 is 2.19 bits per heavy atom. The third-order valence-electron chi connectivity index (χ3n) is 4.77. The van der Waals surface area contributed by atoms with Crippen LogP contribution in [0.1, 0.15) is 28.2 Å². The maximum absolute atomic E-state index is 14.2. The Morgan fingerprint density at radius 3 is 3.00 bits per heavy atom. The maximum Gasteiger partial charge on any atom is 0.251 e. The second-order valence-electron chi connectivity index (χ2n) is 6.56. The summed E-state index contributed by atoms with van der Waals surface area (Å²) >= 11 is 0. The van der Waals surface area contributed by atoms with Crippen LogP contribution in [0.4, 0.5) is 4.39 Å². The number of nitrogens with zero attached hydrogens (tertiary/aromatic N) is 2. The molecule has 0 saturated carbocycles. The van der Waals surface area contributed by atoms with Gasteiger partial charge in [-0.2, -0.15) is 0 Å². The highest BCUT2D eigenvalue weighted by molar-refractivity contribution is 5.94. The summed E-state index contributed by atoms with van der Waals surface area (Å²) in [5.74, 6) is 1.04. The van der Waals surface area contributed by atoms with Crippen molar-refractivity contribution in [2.24, 2.45) is 0 Å². The van der Waals surface area contributed by atoms with E-state index in [1.54, 1.807) is 43.5 Å². The third kappa shape index (κ3) is 3.56. The molecule has 3 aromatic rings. The molecule has 1 amide bonds.